The Morgan fingerprint density at radius 3 is 2.72 bits per heavy atom. The number of thioether (sulfide) groups is 1. The van der Waals surface area contributed by atoms with Crippen LogP contribution in [0.4, 0.5) is 5.69 Å². The molecule has 0 saturated heterocycles. The first-order valence-electron chi connectivity index (χ1n) is 5.76. The summed E-state index contributed by atoms with van der Waals surface area (Å²) in [5.41, 5.74) is 0.768. The first kappa shape index (κ1) is 13.4. The van der Waals surface area contributed by atoms with E-state index in [1.807, 2.05) is 6.26 Å². The van der Waals surface area contributed by atoms with Gasteiger partial charge in [-0.25, -0.2) is 0 Å². The van der Waals surface area contributed by atoms with Crippen molar-refractivity contribution in [2.75, 3.05) is 18.1 Å². The van der Waals surface area contributed by atoms with Crippen LogP contribution >= 0.6 is 23.4 Å². The van der Waals surface area contributed by atoms with E-state index in [1.165, 1.54) is 0 Å². The number of carbonyl (C=O) groups is 1. The standard InChI is InChI=1S/C13H15ClN2OS/c1-8-7-15-13(18-2)11(8)12(17)16-10-5-3-9(14)4-6-10/h3-6,8,11H,7H2,1-2H3,(H,16,17). The highest BCUT2D eigenvalue weighted by Gasteiger charge is 2.33. The fraction of sp³-hybridized carbons (Fsp3) is 0.385. The van der Waals surface area contributed by atoms with Crippen molar-refractivity contribution >= 4 is 40.0 Å². The molecule has 1 aromatic carbocycles. The molecule has 1 heterocycles. The summed E-state index contributed by atoms with van der Waals surface area (Å²) >= 11 is 7.36. The van der Waals surface area contributed by atoms with Crippen molar-refractivity contribution < 1.29 is 4.79 Å². The van der Waals surface area contributed by atoms with Crippen LogP contribution < -0.4 is 5.32 Å². The zero-order valence-electron chi connectivity index (χ0n) is 10.3. The predicted molar refractivity (Wildman–Crippen MR) is 78.6 cm³/mol. The highest BCUT2D eigenvalue weighted by Crippen LogP contribution is 2.27. The van der Waals surface area contributed by atoms with Crippen LogP contribution in [0.15, 0.2) is 29.3 Å². The van der Waals surface area contributed by atoms with Crippen molar-refractivity contribution in [3.05, 3.63) is 29.3 Å². The zero-order valence-corrected chi connectivity index (χ0v) is 11.9. The molecule has 0 aromatic heterocycles. The van der Waals surface area contributed by atoms with Crippen molar-refractivity contribution in [1.29, 1.82) is 0 Å². The van der Waals surface area contributed by atoms with Crippen LogP contribution in [-0.2, 0) is 4.79 Å². The molecule has 0 radical (unpaired) electrons. The van der Waals surface area contributed by atoms with Gasteiger partial charge in [0.05, 0.1) is 11.0 Å². The number of anilines is 1. The molecule has 96 valence electrons. The van der Waals surface area contributed by atoms with Gasteiger partial charge in [0.1, 0.15) is 0 Å². The van der Waals surface area contributed by atoms with Crippen molar-refractivity contribution in [3.8, 4) is 0 Å². The van der Waals surface area contributed by atoms with Gasteiger partial charge in [-0.2, -0.15) is 0 Å². The Labute approximate surface area is 116 Å². The van der Waals surface area contributed by atoms with Gasteiger partial charge in [0.15, 0.2) is 0 Å². The lowest BCUT2D eigenvalue weighted by Crippen LogP contribution is -2.30. The Hall–Kier alpha value is -1.00. The van der Waals surface area contributed by atoms with Gasteiger partial charge < -0.3 is 5.32 Å². The van der Waals surface area contributed by atoms with E-state index < -0.39 is 0 Å². The van der Waals surface area contributed by atoms with E-state index in [0.29, 0.717) is 5.02 Å². The molecule has 1 aliphatic heterocycles. The second-order valence-corrected chi connectivity index (χ2v) is 5.60. The van der Waals surface area contributed by atoms with Crippen LogP contribution in [0.3, 0.4) is 0 Å². The average molecular weight is 283 g/mol. The number of rotatable bonds is 2. The quantitative estimate of drug-likeness (QED) is 0.904. The van der Waals surface area contributed by atoms with Crippen LogP contribution in [0, 0.1) is 11.8 Å². The Morgan fingerprint density at radius 2 is 2.11 bits per heavy atom. The molecule has 1 amide bonds. The highest BCUT2D eigenvalue weighted by atomic mass is 35.5. The second-order valence-electron chi connectivity index (χ2n) is 4.33. The maximum absolute atomic E-state index is 12.2. The predicted octanol–water partition coefficient (Wildman–Crippen LogP) is 3.31. The summed E-state index contributed by atoms with van der Waals surface area (Å²) in [5, 5.41) is 4.50. The normalized spacial score (nSPS) is 22.7. The molecule has 1 aromatic rings. The van der Waals surface area contributed by atoms with Crippen LogP contribution in [0.25, 0.3) is 0 Å². The molecule has 0 spiro atoms. The maximum Gasteiger partial charge on any atom is 0.234 e. The number of carbonyl (C=O) groups excluding carboxylic acids is 1. The third-order valence-corrected chi connectivity index (χ3v) is 4.03. The van der Waals surface area contributed by atoms with Crippen LogP contribution in [-0.4, -0.2) is 23.8 Å². The lowest BCUT2D eigenvalue weighted by Gasteiger charge is -2.16. The largest absolute Gasteiger partial charge is 0.325 e. The van der Waals surface area contributed by atoms with Crippen LogP contribution in [0.1, 0.15) is 6.92 Å². The van der Waals surface area contributed by atoms with E-state index in [1.54, 1.807) is 36.0 Å². The van der Waals surface area contributed by atoms with E-state index in [4.69, 9.17) is 11.6 Å². The summed E-state index contributed by atoms with van der Waals surface area (Å²) < 4.78 is 0. The maximum atomic E-state index is 12.2. The number of halogens is 1. The van der Waals surface area contributed by atoms with Gasteiger partial charge in [-0.1, -0.05) is 18.5 Å². The molecule has 0 bridgehead atoms. The lowest BCUT2D eigenvalue weighted by molar-refractivity contribution is -0.118. The van der Waals surface area contributed by atoms with Gasteiger partial charge in [0.25, 0.3) is 0 Å². The van der Waals surface area contributed by atoms with Crippen molar-refractivity contribution in [3.63, 3.8) is 0 Å². The SMILES string of the molecule is CSC1=NCC(C)C1C(=O)Nc1ccc(Cl)cc1. The number of hydrogen-bond acceptors (Lipinski definition) is 3. The van der Waals surface area contributed by atoms with Crippen LogP contribution in [0.2, 0.25) is 5.02 Å². The summed E-state index contributed by atoms with van der Waals surface area (Å²) in [7, 11) is 0. The van der Waals surface area contributed by atoms with Crippen molar-refractivity contribution in [2.24, 2.45) is 16.8 Å². The van der Waals surface area contributed by atoms with Crippen LogP contribution in [0.5, 0.6) is 0 Å². The number of nitrogens with zero attached hydrogens (tertiary/aromatic N) is 1. The average Bonchev–Trinajstić information content (AvgIpc) is 2.73. The van der Waals surface area contributed by atoms with E-state index >= 15 is 0 Å². The molecular formula is C13H15ClN2OS. The molecular weight excluding hydrogens is 268 g/mol. The second kappa shape index (κ2) is 5.76. The minimum atomic E-state index is -0.129. The van der Waals surface area contributed by atoms with E-state index in [0.717, 1.165) is 17.3 Å². The summed E-state index contributed by atoms with van der Waals surface area (Å²) in [6.07, 6.45) is 1.96. The van der Waals surface area contributed by atoms with Crippen molar-refractivity contribution in [2.45, 2.75) is 6.92 Å². The van der Waals surface area contributed by atoms with Gasteiger partial charge in [0, 0.05) is 17.3 Å². The Bertz CT molecular complexity index is 472. The van der Waals surface area contributed by atoms with E-state index in [9.17, 15) is 4.79 Å². The molecule has 5 heteroatoms. The molecule has 1 N–H and O–H groups in total. The number of hydrogen-bond donors (Lipinski definition) is 1. The fourth-order valence-electron chi connectivity index (χ4n) is 2.00. The van der Waals surface area contributed by atoms with Crippen molar-refractivity contribution in [1.82, 2.24) is 0 Å². The Kier molecular flexibility index (Phi) is 4.30. The molecule has 0 aliphatic carbocycles. The lowest BCUT2D eigenvalue weighted by atomic mass is 9.97. The smallest absolute Gasteiger partial charge is 0.234 e. The monoisotopic (exact) mass is 282 g/mol. The summed E-state index contributed by atoms with van der Waals surface area (Å²) in [6, 6.07) is 7.13. The topological polar surface area (TPSA) is 41.5 Å². The first-order chi connectivity index (χ1) is 8.61. The summed E-state index contributed by atoms with van der Waals surface area (Å²) in [6.45, 7) is 2.79. The number of benzene rings is 1. The Balaban J connectivity index is 2.08. The summed E-state index contributed by atoms with van der Waals surface area (Å²) in [4.78, 5) is 16.6. The molecule has 2 unspecified atom stereocenters. The minimum Gasteiger partial charge on any atom is -0.325 e. The molecule has 2 rings (SSSR count). The van der Waals surface area contributed by atoms with Gasteiger partial charge in [0.2, 0.25) is 5.91 Å². The fourth-order valence-corrected chi connectivity index (χ4v) is 2.92. The number of nitrogens with one attached hydrogen (secondary N) is 1. The molecule has 0 fully saturated rings. The zero-order chi connectivity index (χ0) is 13.1. The molecule has 1 aliphatic rings. The molecule has 3 nitrogen and oxygen atoms in total. The first-order valence-corrected chi connectivity index (χ1v) is 7.37. The minimum absolute atomic E-state index is 0.00965. The Morgan fingerprint density at radius 1 is 1.44 bits per heavy atom. The highest BCUT2D eigenvalue weighted by molar-refractivity contribution is 8.13. The molecule has 0 saturated carbocycles. The third-order valence-electron chi connectivity index (χ3n) is 2.97. The van der Waals surface area contributed by atoms with Gasteiger partial charge in [-0.3, -0.25) is 9.79 Å². The number of aliphatic imine (C=N–C) groups is 1. The summed E-state index contributed by atoms with van der Waals surface area (Å²) in [5.74, 6) is 0.144. The van der Waals surface area contributed by atoms with Gasteiger partial charge >= 0.3 is 0 Å². The van der Waals surface area contributed by atoms with E-state index in [-0.39, 0.29) is 17.7 Å². The van der Waals surface area contributed by atoms with E-state index in [2.05, 4.69) is 17.2 Å². The van der Waals surface area contributed by atoms with Gasteiger partial charge in [-0.15, -0.1) is 11.8 Å². The molecule has 18 heavy (non-hydrogen) atoms. The molecule has 2 atom stereocenters. The van der Waals surface area contributed by atoms with Gasteiger partial charge in [-0.05, 0) is 36.4 Å². The third kappa shape index (κ3) is 2.87. The number of amides is 1.